The lowest BCUT2D eigenvalue weighted by molar-refractivity contribution is 0.0942. The number of rotatable bonds is 7. The Hall–Kier alpha value is -2.12. The van der Waals surface area contributed by atoms with Gasteiger partial charge < -0.3 is 20.3 Å². The van der Waals surface area contributed by atoms with E-state index < -0.39 is 0 Å². The predicted octanol–water partition coefficient (Wildman–Crippen LogP) is 2.53. The van der Waals surface area contributed by atoms with Crippen LogP contribution in [0.4, 0.5) is 5.00 Å². The molecule has 24 heavy (non-hydrogen) atoms. The lowest BCUT2D eigenvalue weighted by Crippen LogP contribution is -2.34. The average Bonchev–Trinajstić information content (AvgIpc) is 2.95. The van der Waals surface area contributed by atoms with E-state index in [4.69, 9.17) is 4.74 Å². The molecule has 1 heterocycles. The number of aromatic nitrogens is 1. The van der Waals surface area contributed by atoms with Crippen molar-refractivity contribution in [3.63, 3.8) is 0 Å². The van der Waals surface area contributed by atoms with Gasteiger partial charge in [0, 0.05) is 13.6 Å². The number of hydrogen-bond acceptors (Lipinski definition) is 6. The molecule has 0 radical (unpaired) electrons. The first-order valence-electron chi connectivity index (χ1n) is 7.70. The van der Waals surface area contributed by atoms with Crippen molar-refractivity contribution in [1.29, 1.82) is 0 Å². The van der Waals surface area contributed by atoms with Crippen molar-refractivity contribution >= 4 is 22.4 Å². The topological polar surface area (TPSA) is 66.5 Å². The fraction of sp³-hybridized carbons (Fsp3) is 0.412. The maximum Gasteiger partial charge on any atom is 0.256 e. The molecule has 0 aliphatic carbocycles. The zero-order valence-corrected chi connectivity index (χ0v) is 15.5. The minimum atomic E-state index is -0.111. The highest BCUT2D eigenvalue weighted by atomic mass is 32.1. The summed E-state index contributed by atoms with van der Waals surface area (Å²) < 4.78 is 9.54. The summed E-state index contributed by atoms with van der Waals surface area (Å²) in [7, 11) is 7.43. The van der Waals surface area contributed by atoms with Crippen molar-refractivity contribution in [2.24, 2.45) is 0 Å². The SMILES string of the molecule is CNc1snc(C)c1C(=O)NCC(c1cccc(OC)c1)N(C)C. The highest BCUT2D eigenvalue weighted by Gasteiger charge is 2.20. The van der Waals surface area contributed by atoms with Crippen molar-refractivity contribution in [3.05, 3.63) is 41.1 Å². The lowest BCUT2D eigenvalue weighted by Gasteiger charge is -2.25. The Morgan fingerprint density at radius 3 is 2.79 bits per heavy atom. The number of hydrogen-bond donors (Lipinski definition) is 2. The largest absolute Gasteiger partial charge is 0.497 e. The Morgan fingerprint density at radius 2 is 2.17 bits per heavy atom. The summed E-state index contributed by atoms with van der Waals surface area (Å²) in [6.45, 7) is 2.34. The highest BCUT2D eigenvalue weighted by Crippen LogP contribution is 2.25. The molecular weight excluding hydrogens is 324 g/mol. The second-order valence-electron chi connectivity index (χ2n) is 5.69. The number of likely N-dealkylation sites (N-methyl/N-ethyl adjacent to an activating group) is 1. The molecule has 0 saturated heterocycles. The third kappa shape index (κ3) is 4.04. The highest BCUT2D eigenvalue weighted by molar-refractivity contribution is 7.10. The van der Waals surface area contributed by atoms with Gasteiger partial charge in [-0.05, 0) is 50.2 Å². The average molecular weight is 348 g/mol. The molecule has 1 unspecified atom stereocenters. The summed E-state index contributed by atoms with van der Waals surface area (Å²) in [5, 5.41) is 6.83. The number of aryl methyl sites for hydroxylation is 1. The van der Waals surface area contributed by atoms with Crippen LogP contribution in [0.2, 0.25) is 0 Å². The number of carbonyl (C=O) groups excluding carboxylic acids is 1. The van der Waals surface area contributed by atoms with Crippen molar-refractivity contribution in [2.75, 3.05) is 40.1 Å². The second-order valence-corrected chi connectivity index (χ2v) is 6.46. The zero-order chi connectivity index (χ0) is 17.7. The fourth-order valence-electron chi connectivity index (χ4n) is 2.53. The van der Waals surface area contributed by atoms with Crippen LogP contribution in [0.15, 0.2) is 24.3 Å². The Balaban J connectivity index is 2.14. The monoisotopic (exact) mass is 348 g/mol. The van der Waals surface area contributed by atoms with E-state index >= 15 is 0 Å². The molecule has 1 atom stereocenters. The summed E-state index contributed by atoms with van der Waals surface area (Å²) in [4.78, 5) is 14.6. The van der Waals surface area contributed by atoms with E-state index in [9.17, 15) is 4.79 Å². The van der Waals surface area contributed by atoms with E-state index in [1.165, 1.54) is 11.5 Å². The van der Waals surface area contributed by atoms with Crippen LogP contribution in [0, 0.1) is 6.92 Å². The zero-order valence-electron chi connectivity index (χ0n) is 14.7. The van der Waals surface area contributed by atoms with Gasteiger partial charge in [-0.2, -0.15) is 4.37 Å². The normalized spacial score (nSPS) is 12.1. The molecule has 0 aliphatic heterocycles. The maximum atomic E-state index is 12.6. The van der Waals surface area contributed by atoms with E-state index in [0.717, 1.165) is 22.0 Å². The Kier molecular flexibility index (Phi) is 6.16. The predicted molar refractivity (Wildman–Crippen MR) is 98.2 cm³/mol. The fourth-order valence-corrected chi connectivity index (χ4v) is 3.28. The molecule has 130 valence electrons. The van der Waals surface area contributed by atoms with Gasteiger partial charge in [0.1, 0.15) is 10.8 Å². The molecule has 0 fully saturated rings. The quantitative estimate of drug-likeness (QED) is 0.805. The molecule has 0 spiro atoms. The van der Waals surface area contributed by atoms with Crippen molar-refractivity contribution < 1.29 is 9.53 Å². The summed E-state index contributed by atoms with van der Waals surface area (Å²) >= 11 is 1.30. The van der Waals surface area contributed by atoms with Crippen LogP contribution in [-0.4, -0.2) is 50.0 Å². The molecule has 2 rings (SSSR count). The minimum absolute atomic E-state index is 0.0500. The molecule has 6 nitrogen and oxygen atoms in total. The molecule has 1 amide bonds. The molecule has 7 heteroatoms. The van der Waals surface area contributed by atoms with Crippen LogP contribution >= 0.6 is 11.5 Å². The van der Waals surface area contributed by atoms with Crippen molar-refractivity contribution in [3.8, 4) is 5.75 Å². The smallest absolute Gasteiger partial charge is 0.256 e. The van der Waals surface area contributed by atoms with Crippen molar-refractivity contribution in [2.45, 2.75) is 13.0 Å². The standard InChI is InChI=1S/C17H24N4O2S/c1-11-15(17(18-2)24-20-11)16(22)19-10-14(21(3)4)12-7-6-8-13(9-12)23-5/h6-9,14,18H,10H2,1-5H3,(H,19,22). The molecule has 2 N–H and O–H groups in total. The van der Waals surface area contributed by atoms with Gasteiger partial charge in [-0.3, -0.25) is 4.79 Å². The number of nitrogens with zero attached hydrogens (tertiary/aromatic N) is 2. The first-order chi connectivity index (χ1) is 11.5. The van der Waals surface area contributed by atoms with Gasteiger partial charge in [0.05, 0.1) is 24.4 Å². The number of benzene rings is 1. The van der Waals surface area contributed by atoms with E-state index in [2.05, 4.69) is 19.9 Å². The number of carbonyl (C=O) groups is 1. The van der Waals surface area contributed by atoms with Gasteiger partial charge in [-0.1, -0.05) is 12.1 Å². The first-order valence-corrected chi connectivity index (χ1v) is 8.47. The first kappa shape index (κ1) is 18.2. The van der Waals surface area contributed by atoms with Gasteiger partial charge in [0.25, 0.3) is 5.91 Å². The van der Waals surface area contributed by atoms with Gasteiger partial charge in [-0.15, -0.1) is 0 Å². The van der Waals surface area contributed by atoms with E-state index in [1.54, 1.807) is 14.2 Å². The lowest BCUT2D eigenvalue weighted by atomic mass is 10.1. The number of methoxy groups -OCH3 is 1. The van der Waals surface area contributed by atoms with E-state index in [-0.39, 0.29) is 11.9 Å². The van der Waals surface area contributed by atoms with Gasteiger partial charge in [-0.25, -0.2) is 0 Å². The van der Waals surface area contributed by atoms with Gasteiger partial charge in [0.15, 0.2) is 0 Å². The molecular formula is C17H24N4O2S. The number of ether oxygens (including phenoxy) is 1. The molecule has 1 aromatic carbocycles. The van der Waals surface area contributed by atoms with Crippen LogP contribution in [0.1, 0.15) is 27.7 Å². The van der Waals surface area contributed by atoms with E-state index in [0.29, 0.717) is 12.1 Å². The van der Waals surface area contributed by atoms with Crippen LogP contribution in [0.25, 0.3) is 0 Å². The van der Waals surface area contributed by atoms with Gasteiger partial charge >= 0.3 is 0 Å². The Labute approximate surface area is 147 Å². The van der Waals surface area contributed by atoms with Crippen LogP contribution in [-0.2, 0) is 0 Å². The summed E-state index contributed by atoms with van der Waals surface area (Å²) in [6, 6.07) is 7.95. The third-order valence-corrected chi connectivity index (χ3v) is 4.83. The minimum Gasteiger partial charge on any atom is -0.497 e. The molecule has 0 bridgehead atoms. The van der Waals surface area contributed by atoms with Crippen LogP contribution in [0.3, 0.4) is 0 Å². The van der Waals surface area contributed by atoms with Crippen molar-refractivity contribution in [1.82, 2.24) is 14.6 Å². The van der Waals surface area contributed by atoms with E-state index in [1.807, 2.05) is 45.3 Å². The number of amides is 1. The van der Waals surface area contributed by atoms with Crippen LogP contribution < -0.4 is 15.4 Å². The number of anilines is 1. The Morgan fingerprint density at radius 1 is 1.42 bits per heavy atom. The Bertz CT molecular complexity index is 700. The summed E-state index contributed by atoms with van der Waals surface area (Å²) in [6.07, 6.45) is 0. The van der Waals surface area contributed by atoms with Gasteiger partial charge in [0.2, 0.25) is 0 Å². The molecule has 1 aromatic heterocycles. The maximum absolute atomic E-state index is 12.6. The third-order valence-electron chi connectivity index (χ3n) is 3.87. The second kappa shape index (κ2) is 8.12. The summed E-state index contributed by atoms with van der Waals surface area (Å²) in [5.41, 5.74) is 2.45. The molecule has 0 saturated carbocycles. The molecule has 0 aliphatic rings. The van der Waals surface area contributed by atoms with Crippen LogP contribution in [0.5, 0.6) is 5.75 Å². The molecule has 2 aromatic rings. The number of nitrogens with one attached hydrogen (secondary N) is 2. The summed E-state index contributed by atoms with van der Waals surface area (Å²) in [5.74, 6) is 0.696.